The molecule has 0 bridgehead atoms. The van der Waals surface area contributed by atoms with Crippen LogP contribution >= 0.6 is 15.9 Å². The molecule has 1 atom stereocenters. The molecule has 19 heavy (non-hydrogen) atoms. The predicted molar refractivity (Wildman–Crippen MR) is 70.4 cm³/mol. The van der Waals surface area contributed by atoms with Crippen LogP contribution in [0.5, 0.6) is 5.75 Å². The largest absolute Gasteiger partial charge is 0.487 e. The number of oxime groups is 1. The van der Waals surface area contributed by atoms with Crippen molar-refractivity contribution in [3.8, 4) is 5.75 Å². The Kier molecular flexibility index (Phi) is 4.56. The molecule has 0 saturated heterocycles. The van der Waals surface area contributed by atoms with Crippen LogP contribution in [0.15, 0.2) is 28.1 Å². The van der Waals surface area contributed by atoms with Crippen LogP contribution in [0.25, 0.3) is 0 Å². The van der Waals surface area contributed by atoms with E-state index < -0.39 is 6.09 Å². The van der Waals surface area contributed by atoms with Crippen LogP contribution in [0.1, 0.15) is 6.42 Å². The van der Waals surface area contributed by atoms with E-state index in [-0.39, 0.29) is 12.6 Å². The lowest BCUT2D eigenvalue weighted by Gasteiger charge is -2.11. The van der Waals surface area contributed by atoms with E-state index in [4.69, 9.17) is 14.7 Å². The average Bonchev–Trinajstić information content (AvgIpc) is 2.83. The van der Waals surface area contributed by atoms with Gasteiger partial charge in [0, 0.05) is 12.6 Å². The van der Waals surface area contributed by atoms with E-state index in [2.05, 4.69) is 31.4 Å². The van der Waals surface area contributed by atoms with Gasteiger partial charge in [0.05, 0.1) is 12.3 Å². The van der Waals surface area contributed by atoms with Gasteiger partial charge in [-0.3, -0.25) is 0 Å². The number of nitrogens with zero attached hydrogens (tertiary/aromatic N) is 2. The predicted octanol–water partition coefficient (Wildman–Crippen LogP) is 1.64. The summed E-state index contributed by atoms with van der Waals surface area (Å²) in [6.07, 6.45) is 0.902. The molecule has 1 aliphatic rings. The first kappa shape index (κ1) is 13.6. The Balaban J connectivity index is 1.75. The van der Waals surface area contributed by atoms with Gasteiger partial charge in [-0.05, 0) is 28.1 Å². The van der Waals surface area contributed by atoms with Crippen molar-refractivity contribution in [1.82, 2.24) is 10.3 Å². The fourth-order valence-corrected chi connectivity index (χ4v) is 1.88. The molecule has 0 radical (unpaired) electrons. The second-order valence-electron chi connectivity index (χ2n) is 3.85. The zero-order valence-corrected chi connectivity index (χ0v) is 11.5. The van der Waals surface area contributed by atoms with Gasteiger partial charge in [0.2, 0.25) is 0 Å². The highest BCUT2D eigenvalue weighted by molar-refractivity contribution is 9.10. The third-order valence-electron chi connectivity index (χ3n) is 2.39. The molecule has 102 valence electrons. The topological polar surface area (TPSA) is 93.0 Å². The first-order valence-corrected chi connectivity index (χ1v) is 6.36. The molecule has 0 aliphatic carbocycles. The van der Waals surface area contributed by atoms with E-state index in [1.165, 1.54) is 0 Å². The Hall–Kier alpha value is -1.83. The van der Waals surface area contributed by atoms with E-state index in [0.717, 1.165) is 0 Å². The molecule has 8 heteroatoms. The van der Waals surface area contributed by atoms with E-state index in [1.54, 1.807) is 18.3 Å². The minimum atomic E-state index is -1.08. The summed E-state index contributed by atoms with van der Waals surface area (Å²) in [6, 6.07) is 3.56. The first-order valence-electron chi connectivity index (χ1n) is 5.57. The van der Waals surface area contributed by atoms with Crippen molar-refractivity contribution >= 4 is 27.7 Å². The van der Waals surface area contributed by atoms with Crippen molar-refractivity contribution in [2.45, 2.75) is 12.5 Å². The zero-order valence-electron chi connectivity index (χ0n) is 9.88. The molecule has 2 N–H and O–H groups in total. The molecule has 1 amide bonds. The number of halogens is 1. The second-order valence-corrected chi connectivity index (χ2v) is 4.60. The molecule has 2 heterocycles. The van der Waals surface area contributed by atoms with Gasteiger partial charge in [0.1, 0.15) is 11.2 Å². The third kappa shape index (κ3) is 4.09. The van der Waals surface area contributed by atoms with E-state index >= 15 is 0 Å². The number of ether oxygens (including phenoxy) is 1. The fourth-order valence-electron chi connectivity index (χ4n) is 1.52. The SMILES string of the molecule is O=C(O)NCC1=NOC(COc2cccnc2Br)C1. The Labute approximate surface area is 117 Å². The van der Waals surface area contributed by atoms with Gasteiger partial charge in [0.25, 0.3) is 0 Å². The molecule has 0 fully saturated rings. The number of hydrogen-bond acceptors (Lipinski definition) is 5. The van der Waals surface area contributed by atoms with Crippen molar-refractivity contribution in [1.29, 1.82) is 0 Å². The Bertz CT molecular complexity index is 495. The maximum absolute atomic E-state index is 10.3. The number of rotatable bonds is 5. The number of nitrogens with one attached hydrogen (secondary N) is 1. The number of carboxylic acid groups (broad SMARTS) is 1. The summed E-state index contributed by atoms with van der Waals surface area (Å²) in [4.78, 5) is 19.5. The highest BCUT2D eigenvalue weighted by Crippen LogP contribution is 2.22. The summed E-state index contributed by atoms with van der Waals surface area (Å²) in [5, 5.41) is 14.5. The molecular formula is C11H12BrN3O4. The lowest BCUT2D eigenvalue weighted by molar-refractivity contribution is 0.0467. The van der Waals surface area contributed by atoms with Crippen molar-refractivity contribution in [2.75, 3.05) is 13.2 Å². The first-order chi connectivity index (χ1) is 9.15. The Morgan fingerprint density at radius 3 is 3.26 bits per heavy atom. The van der Waals surface area contributed by atoms with Crippen LogP contribution in [-0.4, -0.2) is 41.2 Å². The van der Waals surface area contributed by atoms with Gasteiger partial charge in [0.15, 0.2) is 11.9 Å². The Morgan fingerprint density at radius 2 is 2.53 bits per heavy atom. The monoisotopic (exact) mass is 329 g/mol. The summed E-state index contributed by atoms with van der Waals surface area (Å²) in [5.41, 5.74) is 0.654. The summed E-state index contributed by atoms with van der Waals surface area (Å²) in [7, 11) is 0. The lowest BCUT2D eigenvalue weighted by Crippen LogP contribution is -2.28. The summed E-state index contributed by atoms with van der Waals surface area (Å²) >= 11 is 3.28. The summed E-state index contributed by atoms with van der Waals surface area (Å²) < 4.78 is 6.18. The van der Waals surface area contributed by atoms with Gasteiger partial charge in [-0.2, -0.15) is 0 Å². The van der Waals surface area contributed by atoms with Crippen LogP contribution in [0.2, 0.25) is 0 Å². The van der Waals surface area contributed by atoms with Gasteiger partial charge >= 0.3 is 6.09 Å². The smallest absolute Gasteiger partial charge is 0.404 e. The van der Waals surface area contributed by atoms with Gasteiger partial charge in [-0.15, -0.1) is 0 Å². The number of hydrogen-bond donors (Lipinski definition) is 2. The molecule has 0 spiro atoms. The summed E-state index contributed by atoms with van der Waals surface area (Å²) in [6.45, 7) is 0.493. The highest BCUT2D eigenvalue weighted by atomic mass is 79.9. The van der Waals surface area contributed by atoms with E-state index in [9.17, 15) is 4.79 Å². The minimum absolute atomic E-state index is 0.169. The zero-order chi connectivity index (χ0) is 13.7. The number of carbonyl (C=O) groups is 1. The fraction of sp³-hybridized carbons (Fsp3) is 0.364. The van der Waals surface area contributed by atoms with Crippen LogP contribution < -0.4 is 10.1 Å². The van der Waals surface area contributed by atoms with Crippen molar-refractivity contribution in [3.05, 3.63) is 22.9 Å². The van der Waals surface area contributed by atoms with Crippen LogP contribution in [0.3, 0.4) is 0 Å². The van der Waals surface area contributed by atoms with E-state index in [1.807, 2.05) is 0 Å². The number of pyridine rings is 1. The molecule has 1 aliphatic heterocycles. The van der Waals surface area contributed by atoms with Crippen LogP contribution in [-0.2, 0) is 4.84 Å². The third-order valence-corrected chi connectivity index (χ3v) is 2.98. The Morgan fingerprint density at radius 1 is 1.68 bits per heavy atom. The highest BCUT2D eigenvalue weighted by Gasteiger charge is 2.22. The maximum Gasteiger partial charge on any atom is 0.404 e. The second kappa shape index (κ2) is 6.37. The normalized spacial score (nSPS) is 17.5. The molecule has 1 unspecified atom stereocenters. The molecular weight excluding hydrogens is 318 g/mol. The van der Waals surface area contributed by atoms with Crippen LogP contribution in [0.4, 0.5) is 4.79 Å². The standard InChI is InChI=1S/C11H12BrN3O4/c12-10-9(2-1-3-13-10)18-6-8-4-7(15-19-8)5-14-11(16)17/h1-3,8,14H,4-6H2,(H,16,17). The van der Waals surface area contributed by atoms with Gasteiger partial charge < -0.3 is 20.0 Å². The van der Waals surface area contributed by atoms with Crippen LogP contribution in [0, 0.1) is 0 Å². The lowest BCUT2D eigenvalue weighted by atomic mass is 10.2. The van der Waals surface area contributed by atoms with Gasteiger partial charge in [-0.1, -0.05) is 5.16 Å². The van der Waals surface area contributed by atoms with Crippen molar-refractivity contribution < 1.29 is 19.5 Å². The quantitative estimate of drug-likeness (QED) is 0.801. The molecule has 1 aromatic rings. The molecule has 0 aromatic carbocycles. The molecule has 0 saturated carbocycles. The molecule has 1 aromatic heterocycles. The number of aromatic nitrogens is 1. The summed E-state index contributed by atoms with van der Waals surface area (Å²) in [5.74, 6) is 0.628. The maximum atomic E-state index is 10.3. The molecule has 2 rings (SSSR count). The van der Waals surface area contributed by atoms with Gasteiger partial charge in [-0.25, -0.2) is 9.78 Å². The molecule has 7 nitrogen and oxygen atoms in total. The van der Waals surface area contributed by atoms with E-state index in [0.29, 0.717) is 29.1 Å². The van der Waals surface area contributed by atoms with Crippen molar-refractivity contribution in [2.24, 2.45) is 5.16 Å². The average molecular weight is 330 g/mol. The van der Waals surface area contributed by atoms with Crippen molar-refractivity contribution in [3.63, 3.8) is 0 Å². The minimum Gasteiger partial charge on any atom is -0.487 e. The number of amides is 1.